The summed E-state index contributed by atoms with van der Waals surface area (Å²) in [5.41, 5.74) is 3.28. The Balaban J connectivity index is 1.67. The Hall–Kier alpha value is -2.38. The van der Waals surface area contributed by atoms with E-state index in [0.29, 0.717) is 5.01 Å². The fourth-order valence-electron chi connectivity index (χ4n) is 2.08. The smallest absolute Gasteiger partial charge is 0.195 e. The lowest BCUT2D eigenvalue weighted by atomic mass is 10.1. The predicted octanol–water partition coefficient (Wildman–Crippen LogP) is 3.82. The van der Waals surface area contributed by atoms with Crippen molar-refractivity contribution >= 4 is 27.2 Å². The molecule has 2 aromatic carbocycles. The van der Waals surface area contributed by atoms with Crippen molar-refractivity contribution in [3.8, 4) is 6.07 Å². The van der Waals surface area contributed by atoms with Gasteiger partial charge in [-0.05, 0) is 30.2 Å². The normalized spacial score (nSPS) is 10.3. The molecule has 0 saturated heterocycles. The SMILES string of the molecule is N#Cc1nc2ccc(NCCc3ccccc3)cc2s1. The highest BCUT2D eigenvalue weighted by atomic mass is 32.1. The number of aromatic nitrogens is 1. The molecule has 0 radical (unpaired) electrons. The highest BCUT2D eigenvalue weighted by molar-refractivity contribution is 7.19. The van der Waals surface area contributed by atoms with E-state index in [9.17, 15) is 0 Å². The summed E-state index contributed by atoms with van der Waals surface area (Å²) >= 11 is 1.43. The van der Waals surface area contributed by atoms with Crippen molar-refractivity contribution in [2.75, 3.05) is 11.9 Å². The first-order chi connectivity index (χ1) is 9.85. The molecule has 0 aliphatic rings. The number of fused-ring (bicyclic) bond motifs is 1. The summed E-state index contributed by atoms with van der Waals surface area (Å²) in [5.74, 6) is 0. The van der Waals surface area contributed by atoms with Gasteiger partial charge >= 0.3 is 0 Å². The van der Waals surface area contributed by atoms with Crippen molar-refractivity contribution in [3.63, 3.8) is 0 Å². The van der Waals surface area contributed by atoms with Crippen molar-refractivity contribution in [1.82, 2.24) is 4.98 Å². The highest BCUT2D eigenvalue weighted by Crippen LogP contribution is 2.24. The van der Waals surface area contributed by atoms with E-state index in [1.54, 1.807) is 0 Å². The van der Waals surface area contributed by atoms with Gasteiger partial charge in [0.1, 0.15) is 6.07 Å². The van der Waals surface area contributed by atoms with Crippen LogP contribution in [0.1, 0.15) is 10.6 Å². The van der Waals surface area contributed by atoms with E-state index in [4.69, 9.17) is 5.26 Å². The van der Waals surface area contributed by atoms with E-state index < -0.39 is 0 Å². The zero-order valence-electron chi connectivity index (χ0n) is 10.8. The Labute approximate surface area is 121 Å². The molecule has 0 saturated carbocycles. The van der Waals surface area contributed by atoms with Crippen LogP contribution < -0.4 is 5.32 Å². The van der Waals surface area contributed by atoms with E-state index >= 15 is 0 Å². The second kappa shape index (κ2) is 5.72. The van der Waals surface area contributed by atoms with Gasteiger partial charge in [-0.3, -0.25) is 0 Å². The monoisotopic (exact) mass is 279 g/mol. The third-order valence-electron chi connectivity index (χ3n) is 3.07. The van der Waals surface area contributed by atoms with Crippen LogP contribution >= 0.6 is 11.3 Å². The number of rotatable bonds is 4. The third-order valence-corrected chi connectivity index (χ3v) is 3.99. The van der Waals surface area contributed by atoms with Gasteiger partial charge in [0.05, 0.1) is 10.2 Å². The molecule has 1 heterocycles. The largest absolute Gasteiger partial charge is 0.385 e. The van der Waals surface area contributed by atoms with E-state index in [1.165, 1.54) is 16.9 Å². The molecule has 0 aliphatic carbocycles. The quantitative estimate of drug-likeness (QED) is 0.789. The van der Waals surface area contributed by atoms with Crippen LogP contribution in [-0.4, -0.2) is 11.5 Å². The number of nitriles is 1. The standard InChI is InChI=1S/C16H13N3S/c17-11-16-19-14-7-6-13(10-15(14)20-16)18-9-8-12-4-2-1-3-5-12/h1-7,10,18H,8-9H2. The molecule has 20 heavy (non-hydrogen) atoms. The van der Waals surface area contributed by atoms with E-state index in [0.717, 1.165) is 28.9 Å². The Morgan fingerprint density at radius 2 is 2.00 bits per heavy atom. The zero-order chi connectivity index (χ0) is 13.8. The van der Waals surface area contributed by atoms with Gasteiger partial charge in [0.25, 0.3) is 0 Å². The summed E-state index contributed by atoms with van der Waals surface area (Å²) in [4.78, 5) is 4.23. The Kier molecular flexibility index (Phi) is 3.62. The van der Waals surface area contributed by atoms with Crippen LogP contribution in [0, 0.1) is 11.3 Å². The first kappa shape index (κ1) is 12.6. The van der Waals surface area contributed by atoms with Crippen LogP contribution in [0.4, 0.5) is 5.69 Å². The molecule has 3 nitrogen and oxygen atoms in total. The summed E-state index contributed by atoms with van der Waals surface area (Å²) < 4.78 is 1.05. The molecule has 0 unspecified atom stereocenters. The predicted molar refractivity (Wildman–Crippen MR) is 83.0 cm³/mol. The average molecular weight is 279 g/mol. The molecular weight excluding hydrogens is 266 g/mol. The summed E-state index contributed by atoms with van der Waals surface area (Å²) in [6, 6.07) is 18.5. The molecule has 0 fully saturated rings. The molecule has 0 aliphatic heterocycles. The maximum Gasteiger partial charge on any atom is 0.195 e. The minimum atomic E-state index is 0.515. The molecule has 3 aromatic rings. The fraction of sp³-hybridized carbons (Fsp3) is 0.125. The molecule has 3 rings (SSSR count). The van der Waals surface area contributed by atoms with Gasteiger partial charge in [0.2, 0.25) is 0 Å². The van der Waals surface area contributed by atoms with Crippen LogP contribution in [0.2, 0.25) is 0 Å². The molecule has 0 spiro atoms. The number of hydrogen-bond acceptors (Lipinski definition) is 4. The average Bonchev–Trinajstić information content (AvgIpc) is 2.91. The lowest BCUT2D eigenvalue weighted by molar-refractivity contribution is 1.02. The molecule has 1 aromatic heterocycles. The number of hydrogen-bond donors (Lipinski definition) is 1. The van der Waals surface area contributed by atoms with Gasteiger partial charge < -0.3 is 5.32 Å². The number of nitrogens with zero attached hydrogens (tertiary/aromatic N) is 2. The number of thiazole rings is 1. The van der Waals surface area contributed by atoms with E-state index in [2.05, 4.69) is 46.7 Å². The number of benzene rings is 2. The Morgan fingerprint density at radius 3 is 2.80 bits per heavy atom. The van der Waals surface area contributed by atoms with Gasteiger partial charge in [-0.15, -0.1) is 11.3 Å². The van der Waals surface area contributed by atoms with Crippen molar-refractivity contribution in [2.24, 2.45) is 0 Å². The molecule has 0 amide bonds. The van der Waals surface area contributed by atoms with Gasteiger partial charge in [0, 0.05) is 12.2 Å². The molecule has 0 atom stereocenters. The topological polar surface area (TPSA) is 48.7 Å². The minimum absolute atomic E-state index is 0.515. The van der Waals surface area contributed by atoms with Gasteiger partial charge in [-0.25, -0.2) is 4.98 Å². The van der Waals surface area contributed by atoms with Crippen LogP contribution in [0.3, 0.4) is 0 Å². The van der Waals surface area contributed by atoms with Crippen molar-refractivity contribution < 1.29 is 0 Å². The van der Waals surface area contributed by atoms with Crippen molar-refractivity contribution in [2.45, 2.75) is 6.42 Å². The molecule has 0 bridgehead atoms. The van der Waals surface area contributed by atoms with Gasteiger partial charge in [-0.2, -0.15) is 5.26 Å². The maximum atomic E-state index is 8.86. The fourth-order valence-corrected chi connectivity index (χ4v) is 2.88. The van der Waals surface area contributed by atoms with Crippen LogP contribution in [0.25, 0.3) is 10.2 Å². The van der Waals surface area contributed by atoms with Crippen LogP contribution in [0.15, 0.2) is 48.5 Å². The molecule has 98 valence electrons. The first-order valence-electron chi connectivity index (χ1n) is 6.43. The second-order valence-electron chi connectivity index (χ2n) is 4.48. The lowest BCUT2D eigenvalue weighted by Gasteiger charge is -2.06. The van der Waals surface area contributed by atoms with E-state index in [1.807, 2.05) is 18.2 Å². The minimum Gasteiger partial charge on any atom is -0.385 e. The first-order valence-corrected chi connectivity index (χ1v) is 7.25. The summed E-state index contributed by atoms with van der Waals surface area (Å²) in [6.45, 7) is 0.888. The molecule has 4 heteroatoms. The van der Waals surface area contributed by atoms with Gasteiger partial charge in [-0.1, -0.05) is 30.3 Å². The summed E-state index contributed by atoms with van der Waals surface area (Å²) in [6.07, 6.45) is 0.991. The Morgan fingerprint density at radius 1 is 1.15 bits per heavy atom. The van der Waals surface area contributed by atoms with Crippen molar-refractivity contribution in [3.05, 3.63) is 59.1 Å². The highest BCUT2D eigenvalue weighted by Gasteiger charge is 2.03. The number of anilines is 1. The van der Waals surface area contributed by atoms with Crippen LogP contribution in [0.5, 0.6) is 0 Å². The molecular formula is C16H13N3S. The molecule has 1 N–H and O–H groups in total. The second-order valence-corrected chi connectivity index (χ2v) is 5.51. The third kappa shape index (κ3) is 2.79. The summed E-state index contributed by atoms with van der Waals surface area (Å²) in [5, 5.41) is 12.8. The zero-order valence-corrected chi connectivity index (χ0v) is 11.7. The maximum absolute atomic E-state index is 8.86. The van der Waals surface area contributed by atoms with Crippen molar-refractivity contribution in [1.29, 1.82) is 5.26 Å². The Bertz CT molecular complexity index is 756. The van der Waals surface area contributed by atoms with E-state index in [-0.39, 0.29) is 0 Å². The van der Waals surface area contributed by atoms with Crippen LogP contribution in [-0.2, 0) is 6.42 Å². The lowest BCUT2D eigenvalue weighted by Crippen LogP contribution is -2.04. The summed E-state index contributed by atoms with van der Waals surface area (Å²) in [7, 11) is 0. The number of nitrogens with one attached hydrogen (secondary N) is 1. The van der Waals surface area contributed by atoms with Gasteiger partial charge in [0.15, 0.2) is 5.01 Å².